The molecule has 0 aliphatic heterocycles. The molecule has 0 aliphatic rings. The smallest absolute Gasteiger partial charge is 0.244 e. The summed E-state index contributed by atoms with van der Waals surface area (Å²) < 4.78 is 27.3. The highest BCUT2D eigenvalue weighted by Crippen LogP contribution is 2.26. The third kappa shape index (κ3) is 4.56. The summed E-state index contributed by atoms with van der Waals surface area (Å²) in [5.74, 6) is 0.774. The molecule has 0 bridgehead atoms. The highest BCUT2D eigenvalue weighted by Gasteiger charge is 2.21. The maximum atomic E-state index is 12.4. The maximum Gasteiger partial charge on any atom is 0.244 e. The molecule has 124 valence electrons. The number of hydrogen-bond acceptors (Lipinski definition) is 4. The normalized spacial score (nSPS) is 11.8. The predicted octanol–water partition coefficient (Wildman–Crippen LogP) is 4.17. The van der Waals surface area contributed by atoms with Crippen molar-refractivity contribution in [3.05, 3.63) is 52.6 Å². The van der Waals surface area contributed by atoms with E-state index in [1.165, 1.54) is 16.1 Å². The average Bonchev–Trinajstić information content (AvgIpc) is 2.55. The number of halogens is 1. The first-order valence-electron chi connectivity index (χ1n) is 7.31. The van der Waals surface area contributed by atoms with Gasteiger partial charge in [0.05, 0.1) is 5.03 Å². The summed E-state index contributed by atoms with van der Waals surface area (Å²) in [6, 6.07) is 11.4. The molecule has 0 radical (unpaired) electrons. The Labute approximate surface area is 150 Å². The van der Waals surface area contributed by atoms with E-state index in [4.69, 9.17) is 0 Å². The van der Waals surface area contributed by atoms with Crippen LogP contribution in [0.5, 0.6) is 0 Å². The van der Waals surface area contributed by atoms with Gasteiger partial charge < -0.3 is 0 Å². The lowest BCUT2D eigenvalue weighted by atomic mass is 10.2. The Hall–Kier alpha value is -0.890. The van der Waals surface area contributed by atoms with Crippen LogP contribution in [-0.2, 0) is 15.8 Å². The van der Waals surface area contributed by atoms with Gasteiger partial charge in [-0.05, 0) is 23.8 Å². The second-order valence-electron chi connectivity index (χ2n) is 4.80. The summed E-state index contributed by atoms with van der Waals surface area (Å²) in [4.78, 5) is 4.52. The lowest BCUT2D eigenvalue weighted by molar-refractivity contribution is 0.445. The Morgan fingerprint density at radius 3 is 2.39 bits per heavy atom. The van der Waals surface area contributed by atoms with E-state index in [-0.39, 0.29) is 4.90 Å². The molecule has 0 aliphatic carbocycles. The molecular weight excluding hydrogens is 396 g/mol. The first-order valence-corrected chi connectivity index (χ1v) is 10.5. The van der Waals surface area contributed by atoms with E-state index in [0.717, 1.165) is 15.3 Å². The summed E-state index contributed by atoms with van der Waals surface area (Å²) in [5.41, 5.74) is 1.18. The molecule has 0 atom stereocenters. The van der Waals surface area contributed by atoms with Crippen LogP contribution in [0.2, 0.25) is 0 Å². The minimum absolute atomic E-state index is 0.242. The molecule has 0 fully saturated rings. The van der Waals surface area contributed by atoms with Crippen molar-refractivity contribution < 1.29 is 8.42 Å². The van der Waals surface area contributed by atoms with Gasteiger partial charge in [-0.25, -0.2) is 13.4 Å². The summed E-state index contributed by atoms with van der Waals surface area (Å²) in [6.07, 6.45) is 1.44. The van der Waals surface area contributed by atoms with Gasteiger partial charge in [0.1, 0.15) is 4.90 Å². The summed E-state index contributed by atoms with van der Waals surface area (Å²) >= 11 is 5.10. The van der Waals surface area contributed by atoms with Crippen molar-refractivity contribution in [1.29, 1.82) is 0 Å². The fourth-order valence-corrected chi connectivity index (χ4v) is 4.95. The third-order valence-corrected chi connectivity index (χ3v) is 7.19. The van der Waals surface area contributed by atoms with Crippen LogP contribution in [0.4, 0.5) is 0 Å². The zero-order chi connectivity index (χ0) is 16.9. The molecule has 0 N–H and O–H groups in total. The fraction of sp³-hybridized carbons (Fsp3) is 0.312. The number of rotatable bonds is 7. The van der Waals surface area contributed by atoms with Gasteiger partial charge in [-0.2, -0.15) is 4.31 Å². The highest BCUT2D eigenvalue weighted by molar-refractivity contribution is 9.10. The van der Waals surface area contributed by atoms with Gasteiger partial charge in [0.2, 0.25) is 10.0 Å². The van der Waals surface area contributed by atoms with Crippen LogP contribution >= 0.6 is 27.7 Å². The van der Waals surface area contributed by atoms with Crippen molar-refractivity contribution in [2.75, 3.05) is 13.1 Å². The van der Waals surface area contributed by atoms with Crippen LogP contribution in [0, 0.1) is 0 Å². The molecular formula is C16H19BrN2O2S2. The largest absolute Gasteiger partial charge is 0.249 e. The Bertz CT molecular complexity index is 745. The monoisotopic (exact) mass is 414 g/mol. The quantitative estimate of drug-likeness (QED) is 0.637. The Balaban J connectivity index is 2.09. The van der Waals surface area contributed by atoms with Gasteiger partial charge in [0, 0.05) is 29.5 Å². The van der Waals surface area contributed by atoms with E-state index in [9.17, 15) is 8.42 Å². The number of sulfonamides is 1. The average molecular weight is 415 g/mol. The van der Waals surface area contributed by atoms with Crippen molar-refractivity contribution in [1.82, 2.24) is 9.29 Å². The van der Waals surface area contributed by atoms with Gasteiger partial charge in [-0.3, -0.25) is 0 Å². The minimum Gasteiger partial charge on any atom is -0.249 e. The van der Waals surface area contributed by atoms with E-state index < -0.39 is 10.0 Å². The van der Waals surface area contributed by atoms with Crippen LogP contribution in [0.25, 0.3) is 0 Å². The molecule has 2 rings (SSSR count). The third-order valence-electron chi connectivity index (χ3n) is 3.39. The topological polar surface area (TPSA) is 50.3 Å². The number of nitrogens with zero attached hydrogens (tertiary/aromatic N) is 2. The predicted molar refractivity (Wildman–Crippen MR) is 98.0 cm³/mol. The van der Waals surface area contributed by atoms with E-state index >= 15 is 0 Å². The molecule has 1 aromatic carbocycles. The van der Waals surface area contributed by atoms with Crippen molar-refractivity contribution in [3.63, 3.8) is 0 Å². The van der Waals surface area contributed by atoms with E-state index in [0.29, 0.717) is 13.1 Å². The fourth-order valence-electron chi connectivity index (χ4n) is 2.08. The molecule has 7 heteroatoms. The Morgan fingerprint density at radius 2 is 1.83 bits per heavy atom. The first-order chi connectivity index (χ1) is 11.0. The summed E-state index contributed by atoms with van der Waals surface area (Å²) in [6.45, 7) is 4.57. The van der Waals surface area contributed by atoms with Gasteiger partial charge in [-0.15, -0.1) is 11.8 Å². The molecule has 1 aromatic heterocycles. The standard InChI is InChI=1S/C16H19BrN2O2S2/c1-3-19(4-2)23(20,21)14-9-10-16(18-11-14)22-12-13-7-5-6-8-15(13)17/h5-11H,3-4,12H2,1-2H3. The zero-order valence-electron chi connectivity index (χ0n) is 13.1. The van der Waals surface area contributed by atoms with Crippen LogP contribution in [0.3, 0.4) is 0 Å². The Kier molecular flexibility index (Phi) is 6.64. The van der Waals surface area contributed by atoms with Gasteiger partial charge in [0.25, 0.3) is 0 Å². The van der Waals surface area contributed by atoms with E-state index in [1.807, 2.05) is 32.0 Å². The van der Waals surface area contributed by atoms with Gasteiger partial charge in [-0.1, -0.05) is 48.0 Å². The number of hydrogen-bond donors (Lipinski definition) is 0. The van der Waals surface area contributed by atoms with Crippen molar-refractivity contribution in [3.8, 4) is 0 Å². The van der Waals surface area contributed by atoms with E-state index in [2.05, 4.69) is 27.0 Å². The van der Waals surface area contributed by atoms with Crippen LogP contribution < -0.4 is 0 Å². The number of aromatic nitrogens is 1. The molecule has 1 heterocycles. The summed E-state index contributed by atoms with van der Waals surface area (Å²) in [7, 11) is -3.44. The molecule has 0 unspecified atom stereocenters. The zero-order valence-corrected chi connectivity index (χ0v) is 16.3. The van der Waals surface area contributed by atoms with E-state index in [1.54, 1.807) is 23.9 Å². The summed E-state index contributed by atoms with van der Waals surface area (Å²) in [5, 5.41) is 0.805. The molecule has 2 aromatic rings. The molecule has 23 heavy (non-hydrogen) atoms. The van der Waals surface area contributed by atoms with Crippen molar-refractivity contribution in [2.24, 2.45) is 0 Å². The van der Waals surface area contributed by atoms with Crippen LogP contribution in [-0.4, -0.2) is 30.8 Å². The SMILES string of the molecule is CCN(CC)S(=O)(=O)c1ccc(SCc2ccccc2Br)nc1. The molecule has 4 nitrogen and oxygen atoms in total. The van der Waals surface area contributed by atoms with Crippen LogP contribution in [0.15, 0.2) is 57.0 Å². The minimum atomic E-state index is -3.44. The van der Waals surface area contributed by atoms with Crippen molar-refractivity contribution in [2.45, 2.75) is 29.5 Å². The van der Waals surface area contributed by atoms with Gasteiger partial charge >= 0.3 is 0 Å². The van der Waals surface area contributed by atoms with Crippen molar-refractivity contribution >= 4 is 37.7 Å². The molecule has 0 spiro atoms. The molecule has 0 saturated heterocycles. The highest BCUT2D eigenvalue weighted by atomic mass is 79.9. The van der Waals surface area contributed by atoms with Gasteiger partial charge in [0.15, 0.2) is 0 Å². The number of benzene rings is 1. The number of thioether (sulfide) groups is 1. The maximum absolute atomic E-state index is 12.4. The Morgan fingerprint density at radius 1 is 1.13 bits per heavy atom. The lowest BCUT2D eigenvalue weighted by Crippen LogP contribution is -2.30. The molecule has 0 amide bonds. The molecule has 0 saturated carbocycles. The second-order valence-corrected chi connectivity index (χ2v) is 8.59. The lowest BCUT2D eigenvalue weighted by Gasteiger charge is -2.18. The number of pyridine rings is 1. The first kappa shape index (κ1) is 18.4. The second kappa shape index (κ2) is 8.28. The van der Waals surface area contributed by atoms with Crippen LogP contribution in [0.1, 0.15) is 19.4 Å².